The lowest BCUT2D eigenvalue weighted by molar-refractivity contribution is 0.954. The van der Waals surface area contributed by atoms with E-state index in [1.807, 2.05) is 11.3 Å². The third-order valence-electron chi connectivity index (χ3n) is 11.2. The lowest BCUT2D eigenvalue weighted by Gasteiger charge is -2.14. The summed E-state index contributed by atoms with van der Waals surface area (Å²) >= 11 is 1.84. The maximum Gasteiger partial charge on any atom is 0.238 e. The smallest absolute Gasteiger partial charge is 0.238 e. The molecule has 0 unspecified atom stereocenters. The monoisotopic (exact) mass is 730 g/mol. The van der Waals surface area contributed by atoms with E-state index in [9.17, 15) is 0 Å². The number of fused-ring (bicyclic) bond motifs is 9. The van der Waals surface area contributed by atoms with E-state index in [4.69, 9.17) is 15.0 Å². The first-order valence-electron chi connectivity index (χ1n) is 18.8. The minimum Gasteiger partial charge on any atom is -0.277 e. The van der Waals surface area contributed by atoms with Crippen LogP contribution in [-0.2, 0) is 0 Å². The molecule has 12 rings (SSSR count). The van der Waals surface area contributed by atoms with Gasteiger partial charge in [-0.2, -0.15) is 9.97 Å². The Morgan fingerprint density at radius 3 is 1.61 bits per heavy atom. The maximum atomic E-state index is 5.40. The lowest BCUT2D eigenvalue weighted by Crippen LogP contribution is -2.07. The molecule has 0 atom stereocenters. The molecule has 0 fully saturated rings. The molecule has 0 saturated heterocycles. The van der Waals surface area contributed by atoms with Gasteiger partial charge >= 0.3 is 0 Å². The molecule has 0 N–H and O–H groups in total. The molecule has 0 amide bonds. The summed E-state index contributed by atoms with van der Waals surface area (Å²) in [5.41, 5.74) is 6.33. The zero-order chi connectivity index (χ0) is 36.7. The topological polar surface area (TPSA) is 43.6 Å². The van der Waals surface area contributed by atoms with Crippen LogP contribution >= 0.6 is 11.3 Å². The minimum absolute atomic E-state index is 0.580. The van der Waals surface area contributed by atoms with Gasteiger partial charge in [0.15, 0.2) is 11.6 Å². The van der Waals surface area contributed by atoms with Crippen molar-refractivity contribution in [1.29, 1.82) is 0 Å². The first-order valence-corrected chi connectivity index (χ1v) is 19.7. The molecule has 0 saturated carbocycles. The van der Waals surface area contributed by atoms with Crippen molar-refractivity contribution in [2.45, 2.75) is 0 Å². The van der Waals surface area contributed by atoms with Gasteiger partial charge < -0.3 is 0 Å². The van der Waals surface area contributed by atoms with E-state index in [-0.39, 0.29) is 0 Å². The van der Waals surface area contributed by atoms with Crippen molar-refractivity contribution in [1.82, 2.24) is 19.5 Å². The van der Waals surface area contributed by atoms with Crippen molar-refractivity contribution in [3.8, 4) is 39.9 Å². The molecule has 0 aliphatic carbocycles. The summed E-state index contributed by atoms with van der Waals surface area (Å²) in [6.45, 7) is 0. The number of hydrogen-bond acceptors (Lipinski definition) is 4. The van der Waals surface area contributed by atoms with Crippen molar-refractivity contribution in [2.24, 2.45) is 0 Å². The average molecular weight is 731 g/mol. The second kappa shape index (κ2) is 12.2. The predicted molar refractivity (Wildman–Crippen MR) is 236 cm³/mol. The van der Waals surface area contributed by atoms with Crippen molar-refractivity contribution in [3.63, 3.8) is 0 Å². The van der Waals surface area contributed by atoms with E-state index < -0.39 is 0 Å². The first-order chi connectivity index (χ1) is 27.7. The fraction of sp³-hybridized carbons (Fsp3) is 0. The van der Waals surface area contributed by atoms with Gasteiger partial charge in [-0.1, -0.05) is 146 Å². The summed E-state index contributed by atoms with van der Waals surface area (Å²) in [6, 6.07) is 65.1. The highest BCUT2D eigenvalue weighted by molar-refractivity contribution is 7.25. The van der Waals surface area contributed by atoms with Gasteiger partial charge in [-0.25, -0.2) is 4.98 Å². The van der Waals surface area contributed by atoms with Crippen LogP contribution in [0.5, 0.6) is 0 Å². The molecule has 0 bridgehead atoms. The molecule has 0 radical (unpaired) electrons. The molecule has 0 aliphatic rings. The number of nitrogens with zero attached hydrogens (tertiary/aromatic N) is 4. The summed E-state index contributed by atoms with van der Waals surface area (Å²) in [5.74, 6) is 1.84. The van der Waals surface area contributed by atoms with E-state index in [0.717, 1.165) is 54.7 Å². The molecule has 12 aromatic rings. The number of para-hydroxylation sites is 1. The van der Waals surface area contributed by atoms with Crippen LogP contribution in [0, 0.1) is 0 Å². The van der Waals surface area contributed by atoms with Gasteiger partial charge in [-0.3, -0.25) is 4.57 Å². The molecule has 260 valence electrons. The Morgan fingerprint density at radius 1 is 0.375 bits per heavy atom. The molecule has 5 heteroatoms. The summed E-state index contributed by atoms with van der Waals surface area (Å²) in [5, 5.41) is 11.8. The second-order valence-electron chi connectivity index (χ2n) is 14.4. The highest BCUT2D eigenvalue weighted by atomic mass is 32.1. The zero-order valence-corrected chi connectivity index (χ0v) is 30.8. The Labute approximate surface area is 325 Å². The summed E-state index contributed by atoms with van der Waals surface area (Å²) in [6.07, 6.45) is 0. The molecule has 0 aliphatic heterocycles. The van der Waals surface area contributed by atoms with Crippen LogP contribution in [0.1, 0.15) is 0 Å². The van der Waals surface area contributed by atoms with Crippen LogP contribution in [0.3, 0.4) is 0 Å². The summed E-state index contributed by atoms with van der Waals surface area (Å²) in [4.78, 5) is 16.0. The Balaban J connectivity index is 1.21. The molecule has 3 aromatic heterocycles. The molecule has 0 spiro atoms. The highest BCUT2D eigenvalue weighted by Crippen LogP contribution is 2.45. The first kappa shape index (κ1) is 31.2. The van der Waals surface area contributed by atoms with E-state index in [2.05, 4.69) is 187 Å². The van der Waals surface area contributed by atoms with Gasteiger partial charge in [-0.05, 0) is 74.3 Å². The second-order valence-corrected chi connectivity index (χ2v) is 15.5. The zero-order valence-electron chi connectivity index (χ0n) is 30.0. The number of thiophene rings is 1. The molecule has 9 aromatic carbocycles. The Bertz CT molecular complexity index is 3460. The normalized spacial score (nSPS) is 11.9. The molecular formula is C51H30N4S. The van der Waals surface area contributed by atoms with E-state index >= 15 is 0 Å². The fourth-order valence-corrected chi connectivity index (χ4v) is 9.69. The third kappa shape index (κ3) is 4.81. The summed E-state index contributed by atoms with van der Waals surface area (Å²) < 4.78 is 4.84. The van der Waals surface area contributed by atoms with Crippen molar-refractivity contribution >= 4 is 85.6 Å². The molecule has 3 heterocycles. The van der Waals surface area contributed by atoms with Crippen LogP contribution < -0.4 is 0 Å². The molecular weight excluding hydrogens is 701 g/mol. The average Bonchev–Trinajstić information content (AvgIpc) is 3.81. The highest BCUT2D eigenvalue weighted by Gasteiger charge is 2.23. The van der Waals surface area contributed by atoms with Gasteiger partial charge in [0.2, 0.25) is 5.95 Å². The largest absolute Gasteiger partial charge is 0.277 e. The molecule has 56 heavy (non-hydrogen) atoms. The van der Waals surface area contributed by atoms with Crippen LogP contribution in [0.15, 0.2) is 182 Å². The standard InChI is InChI=1S/C51H30N4S/c1-3-13-33-27-37(25-23-31(33)11-1)49-52-50(38-26-24-32-12-2-4-14-34(32)28-38)54-51(53-49)55-44-30-36-16-6-5-15-35(36)29-43(44)41-20-9-19-40(48(41)55)39-18-10-22-46-47(39)42-17-7-8-21-45(42)56-46/h1-30H. The quantitative estimate of drug-likeness (QED) is 0.181. The predicted octanol–water partition coefficient (Wildman–Crippen LogP) is 13.8. The van der Waals surface area contributed by atoms with E-state index in [1.165, 1.54) is 41.9 Å². The summed E-state index contributed by atoms with van der Waals surface area (Å²) in [7, 11) is 0. The van der Waals surface area contributed by atoms with E-state index in [0.29, 0.717) is 17.6 Å². The number of hydrogen-bond donors (Lipinski definition) is 0. The fourth-order valence-electron chi connectivity index (χ4n) is 8.56. The van der Waals surface area contributed by atoms with E-state index in [1.54, 1.807) is 0 Å². The number of aromatic nitrogens is 4. The van der Waals surface area contributed by atoms with Gasteiger partial charge in [0.1, 0.15) is 0 Å². The third-order valence-corrected chi connectivity index (χ3v) is 12.3. The van der Waals surface area contributed by atoms with Crippen LogP contribution in [0.4, 0.5) is 0 Å². The van der Waals surface area contributed by atoms with Gasteiger partial charge in [0.05, 0.1) is 11.0 Å². The van der Waals surface area contributed by atoms with Gasteiger partial charge in [0.25, 0.3) is 0 Å². The van der Waals surface area contributed by atoms with Crippen LogP contribution in [0.25, 0.3) is 114 Å². The number of benzene rings is 9. The molecule has 4 nitrogen and oxygen atoms in total. The van der Waals surface area contributed by atoms with Gasteiger partial charge in [-0.15, -0.1) is 11.3 Å². The van der Waals surface area contributed by atoms with Crippen LogP contribution in [-0.4, -0.2) is 19.5 Å². The Morgan fingerprint density at radius 2 is 0.911 bits per heavy atom. The van der Waals surface area contributed by atoms with Crippen molar-refractivity contribution in [2.75, 3.05) is 0 Å². The Hall–Kier alpha value is -7.21. The van der Waals surface area contributed by atoms with Crippen LogP contribution in [0.2, 0.25) is 0 Å². The SMILES string of the molecule is c1ccc2cc(-c3nc(-c4ccc5ccccc5c4)nc(-n4c5cc6ccccc6cc5c5cccc(-c6cccc7sc8ccccc8c67)c54)n3)ccc2c1. The number of rotatable bonds is 4. The Kier molecular flexibility index (Phi) is 6.76. The maximum absolute atomic E-state index is 5.40. The van der Waals surface area contributed by atoms with Crippen molar-refractivity contribution < 1.29 is 0 Å². The van der Waals surface area contributed by atoms with Crippen molar-refractivity contribution in [3.05, 3.63) is 182 Å². The minimum atomic E-state index is 0.580. The lowest BCUT2D eigenvalue weighted by atomic mass is 9.97. The van der Waals surface area contributed by atoms with Gasteiger partial charge in [0, 0.05) is 47.6 Å².